The van der Waals surface area contributed by atoms with Gasteiger partial charge < -0.3 is 10.8 Å². The van der Waals surface area contributed by atoms with Crippen molar-refractivity contribution in [2.75, 3.05) is 0 Å². The molecule has 0 saturated heterocycles. The molecule has 1 atom stereocenters. The smallest absolute Gasteiger partial charge is 0.290 e. The summed E-state index contributed by atoms with van der Waals surface area (Å²) in [5, 5.41) is 6.89. The van der Waals surface area contributed by atoms with Gasteiger partial charge in [0.2, 0.25) is 0 Å². The van der Waals surface area contributed by atoms with Crippen LogP contribution < -0.4 is 5.73 Å². The van der Waals surface area contributed by atoms with Crippen LogP contribution in [0.2, 0.25) is 0 Å². The first-order chi connectivity index (χ1) is 11.7. The van der Waals surface area contributed by atoms with Gasteiger partial charge in [0.05, 0.1) is 0 Å². The SMILES string of the molecule is CCCCCCCCCCCCCCCCC(N)CCC.O=CO. The van der Waals surface area contributed by atoms with E-state index in [-0.39, 0.29) is 6.47 Å². The molecule has 0 aliphatic heterocycles. The Bertz CT molecular complexity index is 222. The largest absolute Gasteiger partial charge is 0.483 e. The molecule has 0 aromatic carbocycles. The second-order valence-electron chi connectivity index (χ2n) is 7.04. The van der Waals surface area contributed by atoms with E-state index in [2.05, 4.69) is 13.8 Å². The zero-order chi connectivity index (χ0) is 18.3. The van der Waals surface area contributed by atoms with Crippen LogP contribution in [0.3, 0.4) is 0 Å². The van der Waals surface area contributed by atoms with Gasteiger partial charge in [-0.15, -0.1) is 0 Å². The minimum atomic E-state index is -0.250. The molecular weight excluding hydrogens is 298 g/mol. The van der Waals surface area contributed by atoms with Crippen molar-refractivity contribution in [3.63, 3.8) is 0 Å². The van der Waals surface area contributed by atoms with Gasteiger partial charge >= 0.3 is 0 Å². The molecule has 1 unspecified atom stereocenters. The Morgan fingerprint density at radius 1 is 0.667 bits per heavy atom. The molecule has 0 rings (SSSR count). The number of hydrogen-bond acceptors (Lipinski definition) is 2. The molecule has 3 nitrogen and oxygen atoms in total. The zero-order valence-corrected chi connectivity index (χ0v) is 16.6. The van der Waals surface area contributed by atoms with Gasteiger partial charge in [0.15, 0.2) is 0 Å². The summed E-state index contributed by atoms with van der Waals surface area (Å²) >= 11 is 0. The molecule has 0 aliphatic carbocycles. The molecule has 0 aromatic heterocycles. The van der Waals surface area contributed by atoms with Gasteiger partial charge in [-0.3, -0.25) is 4.79 Å². The molecule has 0 fully saturated rings. The lowest BCUT2D eigenvalue weighted by molar-refractivity contribution is -0.122. The van der Waals surface area contributed by atoms with Crippen LogP contribution in [-0.4, -0.2) is 17.6 Å². The molecule has 3 N–H and O–H groups in total. The van der Waals surface area contributed by atoms with E-state index in [1.54, 1.807) is 0 Å². The lowest BCUT2D eigenvalue weighted by Crippen LogP contribution is -2.18. The molecule has 0 radical (unpaired) electrons. The number of hydrogen-bond donors (Lipinski definition) is 2. The third-order valence-corrected chi connectivity index (χ3v) is 4.59. The first kappa shape index (κ1) is 25.7. The van der Waals surface area contributed by atoms with Gasteiger partial charge in [0.1, 0.15) is 0 Å². The molecule has 0 amide bonds. The molecule has 0 bridgehead atoms. The van der Waals surface area contributed by atoms with E-state index in [0.29, 0.717) is 6.04 Å². The summed E-state index contributed by atoms with van der Waals surface area (Å²) in [7, 11) is 0. The summed E-state index contributed by atoms with van der Waals surface area (Å²) in [5.74, 6) is 0. The lowest BCUT2D eigenvalue weighted by Gasteiger charge is -2.09. The van der Waals surface area contributed by atoms with Crippen LogP contribution in [0.4, 0.5) is 0 Å². The topological polar surface area (TPSA) is 63.3 Å². The second-order valence-corrected chi connectivity index (χ2v) is 7.04. The van der Waals surface area contributed by atoms with Crippen molar-refractivity contribution < 1.29 is 9.90 Å². The van der Waals surface area contributed by atoms with Crippen LogP contribution in [0.5, 0.6) is 0 Å². The molecule has 0 aliphatic rings. The maximum Gasteiger partial charge on any atom is 0.290 e. The fourth-order valence-electron chi connectivity index (χ4n) is 3.12. The van der Waals surface area contributed by atoms with E-state index < -0.39 is 0 Å². The van der Waals surface area contributed by atoms with Crippen molar-refractivity contribution in [2.24, 2.45) is 5.73 Å². The van der Waals surface area contributed by atoms with E-state index in [1.807, 2.05) is 0 Å². The summed E-state index contributed by atoms with van der Waals surface area (Å²) in [6, 6.07) is 0.465. The molecular formula is C21H45NO2. The van der Waals surface area contributed by atoms with Crippen LogP contribution in [0.15, 0.2) is 0 Å². The van der Waals surface area contributed by atoms with Crippen LogP contribution >= 0.6 is 0 Å². The third kappa shape index (κ3) is 26.3. The van der Waals surface area contributed by atoms with Gasteiger partial charge in [0, 0.05) is 6.04 Å². The van der Waals surface area contributed by atoms with Crippen molar-refractivity contribution in [3.05, 3.63) is 0 Å². The first-order valence-corrected chi connectivity index (χ1v) is 10.6. The predicted molar refractivity (Wildman–Crippen MR) is 107 cm³/mol. The second kappa shape index (κ2) is 24.7. The van der Waals surface area contributed by atoms with Gasteiger partial charge in [-0.05, 0) is 12.8 Å². The zero-order valence-electron chi connectivity index (χ0n) is 16.6. The number of carbonyl (C=O) groups is 1. The van der Waals surface area contributed by atoms with Crippen LogP contribution in [0.25, 0.3) is 0 Å². The number of rotatable bonds is 17. The molecule has 0 saturated carbocycles. The van der Waals surface area contributed by atoms with Crippen LogP contribution in [0.1, 0.15) is 123 Å². The number of nitrogens with two attached hydrogens (primary N) is 1. The van der Waals surface area contributed by atoms with Crippen molar-refractivity contribution >= 4 is 6.47 Å². The van der Waals surface area contributed by atoms with Crippen molar-refractivity contribution in [3.8, 4) is 0 Å². The molecule has 146 valence electrons. The molecule has 24 heavy (non-hydrogen) atoms. The summed E-state index contributed by atoms with van der Waals surface area (Å²) in [6.07, 6.45) is 23.8. The van der Waals surface area contributed by atoms with Crippen molar-refractivity contribution in [1.82, 2.24) is 0 Å². The van der Waals surface area contributed by atoms with E-state index in [9.17, 15) is 0 Å². The highest BCUT2D eigenvalue weighted by Gasteiger charge is 2.00. The summed E-state index contributed by atoms with van der Waals surface area (Å²) in [4.78, 5) is 8.36. The summed E-state index contributed by atoms with van der Waals surface area (Å²) < 4.78 is 0. The average Bonchev–Trinajstić information content (AvgIpc) is 2.56. The quantitative estimate of drug-likeness (QED) is 0.228. The van der Waals surface area contributed by atoms with Gasteiger partial charge in [-0.25, -0.2) is 0 Å². The highest BCUT2D eigenvalue weighted by Crippen LogP contribution is 2.14. The average molecular weight is 344 g/mol. The van der Waals surface area contributed by atoms with Crippen LogP contribution in [-0.2, 0) is 4.79 Å². The van der Waals surface area contributed by atoms with E-state index in [1.165, 1.54) is 109 Å². The maximum atomic E-state index is 8.36. The minimum absolute atomic E-state index is 0.250. The fourth-order valence-corrected chi connectivity index (χ4v) is 3.12. The minimum Gasteiger partial charge on any atom is -0.483 e. The molecule has 0 aromatic rings. The lowest BCUT2D eigenvalue weighted by atomic mass is 10.0. The number of carboxylic acid groups (broad SMARTS) is 1. The Morgan fingerprint density at radius 3 is 1.33 bits per heavy atom. The highest BCUT2D eigenvalue weighted by molar-refractivity contribution is 5.32. The number of unbranched alkanes of at least 4 members (excludes halogenated alkanes) is 13. The molecule has 3 heteroatoms. The van der Waals surface area contributed by atoms with E-state index >= 15 is 0 Å². The monoisotopic (exact) mass is 343 g/mol. The first-order valence-electron chi connectivity index (χ1n) is 10.6. The maximum absolute atomic E-state index is 8.36. The van der Waals surface area contributed by atoms with Gasteiger partial charge in [0.25, 0.3) is 6.47 Å². The highest BCUT2D eigenvalue weighted by atomic mass is 16.3. The van der Waals surface area contributed by atoms with E-state index in [0.717, 1.165) is 0 Å². The third-order valence-electron chi connectivity index (χ3n) is 4.59. The molecule has 0 heterocycles. The Balaban J connectivity index is 0. The Morgan fingerprint density at radius 2 is 1.00 bits per heavy atom. The van der Waals surface area contributed by atoms with Gasteiger partial charge in [-0.2, -0.15) is 0 Å². The molecule has 0 spiro atoms. The standard InChI is InChI=1S/C20H43N.CH2O2/c1-3-5-6-7-8-9-10-11-12-13-14-15-16-17-19-20(21)18-4-2;2-1-3/h20H,3-19,21H2,1-2H3;1H,(H,2,3). The van der Waals surface area contributed by atoms with E-state index in [4.69, 9.17) is 15.6 Å². The van der Waals surface area contributed by atoms with Crippen molar-refractivity contribution in [1.29, 1.82) is 0 Å². The fraction of sp³-hybridized carbons (Fsp3) is 0.952. The Kier molecular flexibility index (Phi) is 26.4. The van der Waals surface area contributed by atoms with Crippen molar-refractivity contribution in [2.45, 2.75) is 129 Å². The normalized spacial score (nSPS) is 11.6. The van der Waals surface area contributed by atoms with Crippen LogP contribution in [0, 0.1) is 0 Å². The summed E-state index contributed by atoms with van der Waals surface area (Å²) in [6.45, 7) is 4.27. The predicted octanol–water partition coefficient (Wildman–Crippen LogP) is 6.69. The van der Waals surface area contributed by atoms with Gasteiger partial charge in [-0.1, -0.05) is 110 Å². The Labute approximate surface area is 151 Å². The Hall–Kier alpha value is -0.570. The summed E-state index contributed by atoms with van der Waals surface area (Å²) in [5.41, 5.74) is 6.03.